The maximum Gasteiger partial charge on any atom is 0.244 e. The van der Waals surface area contributed by atoms with Gasteiger partial charge in [0.05, 0.1) is 7.11 Å². The van der Waals surface area contributed by atoms with Crippen molar-refractivity contribution in [3.8, 4) is 5.75 Å². The van der Waals surface area contributed by atoms with Crippen molar-refractivity contribution in [3.05, 3.63) is 60.2 Å². The Hall–Kier alpha value is -2.49. The standard InChI is InChI=1S/C15H16N2O2/c1-19-13-9-5-8-12(10-13)17-14(15(16)18)11-6-3-2-4-7-11/h2-10,14,17H,1H3,(H2,16,18)/t14-/m0/s1. The zero-order valence-electron chi connectivity index (χ0n) is 10.7. The molecule has 0 saturated heterocycles. The predicted molar refractivity (Wildman–Crippen MR) is 75.0 cm³/mol. The molecule has 4 heteroatoms. The smallest absolute Gasteiger partial charge is 0.244 e. The minimum Gasteiger partial charge on any atom is -0.497 e. The molecule has 0 radical (unpaired) electrons. The van der Waals surface area contributed by atoms with Crippen molar-refractivity contribution < 1.29 is 9.53 Å². The van der Waals surface area contributed by atoms with Crippen molar-refractivity contribution in [2.24, 2.45) is 5.73 Å². The fourth-order valence-corrected chi connectivity index (χ4v) is 1.84. The van der Waals surface area contributed by atoms with Crippen molar-refractivity contribution in [1.29, 1.82) is 0 Å². The number of methoxy groups -OCH3 is 1. The van der Waals surface area contributed by atoms with E-state index in [0.717, 1.165) is 17.0 Å². The third-order valence-corrected chi connectivity index (χ3v) is 2.80. The van der Waals surface area contributed by atoms with Gasteiger partial charge in [-0.05, 0) is 17.7 Å². The minimum atomic E-state index is -0.562. The number of amides is 1. The number of carbonyl (C=O) groups excluding carboxylic acids is 1. The fraction of sp³-hybridized carbons (Fsp3) is 0.133. The molecule has 0 aliphatic rings. The first-order chi connectivity index (χ1) is 9.20. The molecule has 4 nitrogen and oxygen atoms in total. The minimum absolute atomic E-state index is 0.422. The van der Waals surface area contributed by atoms with Crippen molar-refractivity contribution in [2.75, 3.05) is 12.4 Å². The Labute approximate surface area is 112 Å². The van der Waals surface area contributed by atoms with Crippen LogP contribution in [0.15, 0.2) is 54.6 Å². The number of anilines is 1. The number of rotatable bonds is 5. The monoisotopic (exact) mass is 256 g/mol. The largest absolute Gasteiger partial charge is 0.497 e. The predicted octanol–water partition coefficient (Wildman–Crippen LogP) is 2.33. The molecule has 0 saturated carbocycles. The van der Waals surface area contributed by atoms with Crippen LogP contribution in [0.25, 0.3) is 0 Å². The van der Waals surface area contributed by atoms with Gasteiger partial charge in [0.2, 0.25) is 5.91 Å². The highest BCUT2D eigenvalue weighted by Crippen LogP contribution is 2.22. The van der Waals surface area contributed by atoms with Gasteiger partial charge in [-0.3, -0.25) is 4.79 Å². The second kappa shape index (κ2) is 5.91. The van der Waals surface area contributed by atoms with Crippen LogP contribution in [0.2, 0.25) is 0 Å². The highest BCUT2D eigenvalue weighted by Gasteiger charge is 2.17. The Balaban J connectivity index is 2.24. The van der Waals surface area contributed by atoms with E-state index in [1.165, 1.54) is 0 Å². The molecular weight excluding hydrogens is 240 g/mol. The van der Waals surface area contributed by atoms with Gasteiger partial charge in [0.25, 0.3) is 0 Å². The molecule has 0 aliphatic carbocycles. The number of ether oxygens (including phenoxy) is 1. The van der Waals surface area contributed by atoms with Crippen LogP contribution in [0, 0.1) is 0 Å². The number of nitrogens with one attached hydrogen (secondary N) is 1. The third kappa shape index (κ3) is 3.25. The SMILES string of the molecule is COc1cccc(N[C@H](C(N)=O)c2ccccc2)c1. The number of benzene rings is 2. The summed E-state index contributed by atoms with van der Waals surface area (Å²) in [6, 6.07) is 16.2. The van der Waals surface area contributed by atoms with Gasteiger partial charge < -0.3 is 15.8 Å². The van der Waals surface area contributed by atoms with E-state index < -0.39 is 11.9 Å². The van der Waals surface area contributed by atoms with Crippen LogP contribution in [-0.4, -0.2) is 13.0 Å². The Morgan fingerprint density at radius 1 is 1.16 bits per heavy atom. The lowest BCUT2D eigenvalue weighted by molar-refractivity contribution is -0.118. The van der Waals surface area contributed by atoms with Crippen molar-refractivity contribution in [2.45, 2.75) is 6.04 Å². The topological polar surface area (TPSA) is 64.3 Å². The summed E-state index contributed by atoms with van der Waals surface area (Å²) >= 11 is 0. The summed E-state index contributed by atoms with van der Waals surface area (Å²) in [5, 5.41) is 3.11. The van der Waals surface area contributed by atoms with Gasteiger partial charge in [-0.25, -0.2) is 0 Å². The summed E-state index contributed by atoms with van der Waals surface area (Å²) in [5.74, 6) is 0.301. The lowest BCUT2D eigenvalue weighted by Gasteiger charge is -2.17. The molecule has 0 aromatic heterocycles. The Kier molecular flexibility index (Phi) is 4.03. The van der Waals surface area contributed by atoms with E-state index in [1.807, 2.05) is 54.6 Å². The summed E-state index contributed by atoms with van der Waals surface area (Å²) in [6.45, 7) is 0. The van der Waals surface area contributed by atoms with Gasteiger partial charge in [0.15, 0.2) is 0 Å². The van der Waals surface area contributed by atoms with E-state index in [2.05, 4.69) is 5.32 Å². The summed E-state index contributed by atoms with van der Waals surface area (Å²) < 4.78 is 5.15. The van der Waals surface area contributed by atoms with Crippen LogP contribution in [0.4, 0.5) is 5.69 Å². The zero-order valence-corrected chi connectivity index (χ0v) is 10.7. The first kappa shape index (κ1) is 13.0. The molecule has 1 atom stereocenters. The van der Waals surface area contributed by atoms with Crippen LogP contribution in [0.1, 0.15) is 11.6 Å². The molecule has 0 fully saturated rings. The molecule has 0 heterocycles. The molecule has 98 valence electrons. The Morgan fingerprint density at radius 2 is 1.89 bits per heavy atom. The van der Waals surface area contributed by atoms with E-state index in [9.17, 15) is 4.79 Å². The molecule has 2 aromatic rings. The Morgan fingerprint density at radius 3 is 2.53 bits per heavy atom. The number of carbonyl (C=O) groups is 1. The molecule has 3 N–H and O–H groups in total. The number of nitrogens with two attached hydrogens (primary N) is 1. The lowest BCUT2D eigenvalue weighted by atomic mass is 10.1. The molecule has 19 heavy (non-hydrogen) atoms. The van der Waals surface area contributed by atoms with Gasteiger partial charge in [-0.1, -0.05) is 36.4 Å². The average Bonchev–Trinajstić information content (AvgIpc) is 2.45. The summed E-state index contributed by atoms with van der Waals surface area (Å²) in [6.07, 6.45) is 0. The number of primary amides is 1. The molecule has 1 amide bonds. The van der Waals surface area contributed by atoms with E-state index in [1.54, 1.807) is 7.11 Å². The van der Waals surface area contributed by atoms with Gasteiger partial charge >= 0.3 is 0 Å². The van der Waals surface area contributed by atoms with Crippen molar-refractivity contribution in [3.63, 3.8) is 0 Å². The molecular formula is C15H16N2O2. The Bertz CT molecular complexity index is 555. The molecule has 2 rings (SSSR count). The number of hydrogen-bond donors (Lipinski definition) is 2. The van der Waals surface area contributed by atoms with Crippen LogP contribution >= 0.6 is 0 Å². The van der Waals surface area contributed by atoms with Crippen LogP contribution < -0.4 is 15.8 Å². The van der Waals surface area contributed by atoms with E-state index in [4.69, 9.17) is 10.5 Å². The highest BCUT2D eigenvalue weighted by molar-refractivity contribution is 5.84. The van der Waals surface area contributed by atoms with Gasteiger partial charge in [-0.15, -0.1) is 0 Å². The highest BCUT2D eigenvalue weighted by atomic mass is 16.5. The van der Waals surface area contributed by atoms with E-state index in [0.29, 0.717) is 0 Å². The summed E-state index contributed by atoms with van der Waals surface area (Å²) in [7, 11) is 1.60. The third-order valence-electron chi connectivity index (χ3n) is 2.80. The van der Waals surface area contributed by atoms with Crippen molar-refractivity contribution >= 4 is 11.6 Å². The first-order valence-electron chi connectivity index (χ1n) is 5.95. The molecule has 0 bridgehead atoms. The average molecular weight is 256 g/mol. The van der Waals surface area contributed by atoms with Crippen LogP contribution in [-0.2, 0) is 4.79 Å². The van der Waals surface area contributed by atoms with Gasteiger partial charge in [0, 0.05) is 11.8 Å². The first-order valence-corrected chi connectivity index (χ1v) is 5.95. The molecule has 0 unspecified atom stereocenters. The van der Waals surface area contributed by atoms with Gasteiger partial charge in [0.1, 0.15) is 11.8 Å². The number of hydrogen-bond acceptors (Lipinski definition) is 3. The summed E-state index contributed by atoms with van der Waals surface area (Å²) in [5.41, 5.74) is 7.07. The van der Waals surface area contributed by atoms with E-state index >= 15 is 0 Å². The molecule has 0 aliphatic heterocycles. The van der Waals surface area contributed by atoms with Crippen LogP contribution in [0.3, 0.4) is 0 Å². The zero-order chi connectivity index (χ0) is 13.7. The fourth-order valence-electron chi connectivity index (χ4n) is 1.84. The molecule has 2 aromatic carbocycles. The molecule has 0 spiro atoms. The van der Waals surface area contributed by atoms with E-state index in [-0.39, 0.29) is 0 Å². The van der Waals surface area contributed by atoms with Crippen LogP contribution in [0.5, 0.6) is 5.75 Å². The lowest BCUT2D eigenvalue weighted by Crippen LogP contribution is -2.27. The maximum absolute atomic E-state index is 11.6. The summed E-state index contributed by atoms with van der Waals surface area (Å²) in [4.78, 5) is 11.6. The van der Waals surface area contributed by atoms with Gasteiger partial charge in [-0.2, -0.15) is 0 Å². The normalized spacial score (nSPS) is 11.6. The second-order valence-electron chi connectivity index (χ2n) is 4.12. The maximum atomic E-state index is 11.6. The quantitative estimate of drug-likeness (QED) is 0.863. The second-order valence-corrected chi connectivity index (χ2v) is 4.12. The van der Waals surface area contributed by atoms with Crippen molar-refractivity contribution in [1.82, 2.24) is 0 Å².